The lowest BCUT2D eigenvalue weighted by Gasteiger charge is -2.27. The number of hydrogen-bond acceptors (Lipinski definition) is 15. The minimum absolute atomic E-state index is 0.0619. The molecule has 0 aromatic heterocycles. The maximum Gasteiger partial charge on any atom is 0.310 e. The number of anilines is 6. The van der Waals surface area contributed by atoms with E-state index in [0.717, 1.165) is 57.8 Å². The Morgan fingerprint density at radius 2 is 0.615 bits per heavy atom. The van der Waals surface area contributed by atoms with Gasteiger partial charge in [-0.1, -0.05) is 226 Å². The Kier molecular flexibility index (Phi) is 35.5. The van der Waals surface area contributed by atoms with Crippen molar-refractivity contribution in [2.45, 2.75) is 152 Å². The first-order chi connectivity index (χ1) is 46.5. The first kappa shape index (κ1) is 79.3. The van der Waals surface area contributed by atoms with Crippen LogP contribution in [0.3, 0.4) is 0 Å². The highest BCUT2D eigenvalue weighted by Crippen LogP contribution is 2.46. The average molecular weight is 1540 g/mol. The van der Waals surface area contributed by atoms with Gasteiger partial charge in [-0.05, 0) is 150 Å². The number of carbonyl (C=O) groups is 6. The van der Waals surface area contributed by atoms with Crippen LogP contribution in [0, 0.1) is 0 Å². The van der Waals surface area contributed by atoms with E-state index < -0.39 is 0 Å². The lowest BCUT2D eigenvalue weighted by Crippen LogP contribution is -2.28. The Morgan fingerprint density at radius 1 is 0.365 bits per heavy atom. The van der Waals surface area contributed by atoms with E-state index in [1.54, 1.807) is 90.1 Å². The van der Waals surface area contributed by atoms with Crippen LogP contribution in [0.4, 0.5) is 34.1 Å². The van der Waals surface area contributed by atoms with Gasteiger partial charge in [0.25, 0.3) is 0 Å². The van der Waals surface area contributed by atoms with Crippen LogP contribution in [0.15, 0.2) is 127 Å². The van der Waals surface area contributed by atoms with Gasteiger partial charge in [-0.25, -0.2) is 0 Å². The quantitative estimate of drug-likeness (QED) is 0.0183. The van der Waals surface area contributed by atoms with E-state index in [1.165, 1.54) is 36.5 Å². The zero-order chi connectivity index (χ0) is 68.8. The Labute approximate surface area is 619 Å². The summed E-state index contributed by atoms with van der Waals surface area (Å²) in [7, 11) is 11.7. The van der Waals surface area contributed by atoms with Crippen molar-refractivity contribution in [1.29, 1.82) is 0 Å². The number of hydrogen-bond donors (Lipinski definition) is 0. The summed E-state index contributed by atoms with van der Waals surface area (Å²) in [6.07, 6.45) is 13.8. The second-order valence-electron chi connectivity index (χ2n) is 22.5. The summed E-state index contributed by atoms with van der Waals surface area (Å²) < 4.78 is 15.4. The van der Waals surface area contributed by atoms with E-state index in [2.05, 4.69) is 0 Å². The van der Waals surface area contributed by atoms with E-state index >= 15 is 0 Å². The molecule has 12 nitrogen and oxygen atoms in total. The number of unbranched alkanes of at least 4 members (excludes halogenated alkanes) is 3. The Hall–Kier alpha value is -4.02. The summed E-state index contributed by atoms with van der Waals surface area (Å²) in [4.78, 5) is 81.7. The second-order valence-corrected chi connectivity index (χ2v) is 33.3. The zero-order valence-electron chi connectivity index (χ0n) is 54.1. The molecule has 3 heterocycles. The fraction of sp³-hybridized carbons (Fsp3) is 0.417. The van der Waals surface area contributed by atoms with Crippen LogP contribution in [0.5, 0.6) is 0 Å². The predicted octanol–water partition coefficient (Wildman–Crippen LogP) is 22.4. The number of nitrogens with zero attached hydrogens (tertiary/aromatic N) is 3. The molecular formula is C72H81Cl6N3O9S6. The molecule has 0 radical (unpaired) electrons. The smallest absolute Gasteiger partial charge is 0.310 e. The van der Waals surface area contributed by atoms with Crippen molar-refractivity contribution < 1.29 is 43.0 Å². The van der Waals surface area contributed by atoms with E-state index in [9.17, 15) is 28.8 Å². The molecule has 3 aliphatic heterocycles. The number of benzene rings is 6. The summed E-state index contributed by atoms with van der Waals surface area (Å²) in [5, 5.41) is 4.38. The van der Waals surface area contributed by atoms with Crippen LogP contribution < -0.4 is 14.7 Å². The summed E-state index contributed by atoms with van der Waals surface area (Å²) >= 11 is 39.0. The maximum absolute atomic E-state index is 13.5. The van der Waals surface area contributed by atoms with Gasteiger partial charge in [0.2, 0.25) is 17.7 Å². The van der Waals surface area contributed by atoms with Crippen molar-refractivity contribution in [3.8, 4) is 0 Å². The molecule has 24 heteroatoms. The van der Waals surface area contributed by atoms with Crippen molar-refractivity contribution >= 4 is 204 Å². The average Bonchev–Trinajstić information content (AvgIpc) is 1.46. The van der Waals surface area contributed by atoms with Crippen molar-refractivity contribution in [3.63, 3.8) is 0 Å². The molecule has 6 aromatic rings. The Morgan fingerprint density at radius 3 is 0.844 bits per heavy atom. The molecule has 3 aliphatic rings. The molecule has 3 amide bonds. The van der Waals surface area contributed by atoms with Crippen LogP contribution in [0.2, 0.25) is 30.1 Å². The number of rotatable bonds is 30. The van der Waals surface area contributed by atoms with Gasteiger partial charge in [0.15, 0.2) is 0 Å². The predicted molar refractivity (Wildman–Crippen MR) is 412 cm³/mol. The molecule has 0 aliphatic carbocycles. The number of amides is 3. The van der Waals surface area contributed by atoms with Gasteiger partial charge >= 0.3 is 17.9 Å². The third kappa shape index (κ3) is 24.7. The number of esters is 3. The van der Waals surface area contributed by atoms with E-state index in [4.69, 9.17) is 83.8 Å². The van der Waals surface area contributed by atoms with Gasteiger partial charge in [0.05, 0.1) is 103 Å². The molecule has 0 spiro atoms. The minimum Gasteiger partial charge on any atom is -0.466 e. The van der Waals surface area contributed by atoms with Crippen molar-refractivity contribution in [3.05, 3.63) is 174 Å². The largest absolute Gasteiger partial charge is 0.466 e. The second kappa shape index (κ2) is 42.9. The fourth-order valence-electron chi connectivity index (χ4n) is 11.0. The molecule has 3 fully saturated rings. The molecule has 9 rings (SSSR count). The van der Waals surface area contributed by atoms with E-state index in [-0.39, 0.29) is 54.9 Å². The number of carbonyl (C=O) groups excluding carboxylic acids is 6. The summed E-state index contributed by atoms with van der Waals surface area (Å²) in [6, 6.07) is 37.5. The molecule has 516 valence electrons. The SMILES string of the molecule is CCOC(=O)Cc1ccccc1N(C(=O)CCCCC1CCSS1)c1c(Cl)cccc1Cl.CCOC(=O)Cc1ccccc1N(C(=O)CCCC[C@@H]1CCSS1)c1c(Cl)cccc1Cl.CCOC(=O)Cc1ccccc1N(C(=O)CCCC[C@H]1CCSS1)c1c(Cl)cccc1Cl. The zero-order valence-corrected chi connectivity index (χ0v) is 63.5. The third-order valence-corrected chi connectivity index (χ3v) is 26.4. The van der Waals surface area contributed by atoms with Crippen molar-refractivity contribution in [2.75, 3.05) is 51.8 Å². The van der Waals surface area contributed by atoms with Crippen LogP contribution >= 0.6 is 134 Å². The van der Waals surface area contributed by atoms with Gasteiger partial charge < -0.3 is 14.2 Å². The molecule has 0 bridgehead atoms. The molecule has 96 heavy (non-hydrogen) atoms. The number of ether oxygens (including phenoxy) is 3. The molecule has 3 saturated heterocycles. The van der Waals surface area contributed by atoms with Crippen molar-refractivity contribution in [1.82, 2.24) is 0 Å². The Balaban J connectivity index is 0.000000203. The molecule has 1 unspecified atom stereocenters. The van der Waals surface area contributed by atoms with Gasteiger partial charge in [0.1, 0.15) is 0 Å². The van der Waals surface area contributed by atoms with Gasteiger partial charge in [-0.3, -0.25) is 43.5 Å². The molecule has 6 aromatic carbocycles. The highest BCUT2D eigenvalue weighted by molar-refractivity contribution is 8.78. The Bertz CT molecular complexity index is 3100. The normalized spacial score (nSPS) is 15.5. The summed E-state index contributed by atoms with van der Waals surface area (Å²) in [5.41, 5.74) is 5.20. The van der Waals surface area contributed by atoms with Crippen LogP contribution in [0.1, 0.15) is 134 Å². The summed E-state index contributed by atoms with van der Waals surface area (Å²) in [6.45, 7) is 6.22. The lowest BCUT2D eigenvalue weighted by atomic mass is 10.1. The fourth-order valence-corrected chi connectivity index (χ4v) is 21.7. The number of halogens is 6. The highest BCUT2D eigenvalue weighted by Gasteiger charge is 2.30. The minimum atomic E-state index is -0.343. The molecular weight excluding hydrogens is 1460 g/mol. The highest BCUT2D eigenvalue weighted by atomic mass is 35.5. The molecule has 3 atom stereocenters. The molecule has 0 N–H and O–H groups in total. The monoisotopic (exact) mass is 1530 g/mol. The van der Waals surface area contributed by atoms with Gasteiger partial charge in [0, 0.05) is 52.3 Å². The van der Waals surface area contributed by atoms with Gasteiger partial charge in [-0.15, -0.1) is 0 Å². The van der Waals surface area contributed by atoms with Crippen LogP contribution in [-0.2, 0) is 62.2 Å². The van der Waals surface area contributed by atoms with Gasteiger partial charge in [-0.2, -0.15) is 0 Å². The maximum atomic E-state index is 13.5. The first-order valence-corrected chi connectivity index (χ1v) is 41.8. The topological polar surface area (TPSA) is 140 Å². The van der Waals surface area contributed by atoms with Crippen LogP contribution in [0.25, 0.3) is 0 Å². The number of para-hydroxylation sites is 6. The van der Waals surface area contributed by atoms with E-state index in [1.807, 2.05) is 138 Å². The lowest BCUT2D eigenvalue weighted by molar-refractivity contribution is -0.143. The van der Waals surface area contributed by atoms with Crippen molar-refractivity contribution in [2.24, 2.45) is 0 Å². The standard InChI is InChI=1S/3C24H27Cl2NO3S2/c3*1-2-30-23(29)16-17-8-3-5-12-21(17)27(24-19(25)10-7-11-20(24)26)22(28)13-6-4-9-18-14-15-31-32-18/h3*3,5,7-8,10-12,18H,2,4,6,9,13-16H2,1H3/t2*18-;/m10./s1. The molecule has 0 saturated carbocycles. The van der Waals surface area contributed by atoms with E-state index in [0.29, 0.717) is 136 Å². The van der Waals surface area contributed by atoms with Crippen LogP contribution in [-0.4, -0.2) is 88.5 Å². The summed E-state index contributed by atoms with van der Waals surface area (Å²) in [5.74, 6) is 2.33. The third-order valence-electron chi connectivity index (χ3n) is 15.5. The first-order valence-electron chi connectivity index (χ1n) is 32.4.